The maximum absolute atomic E-state index is 12.4. The number of carbonyl (C=O) groups is 3. The number of allylic oxidation sites excluding steroid dienone is 4. The summed E-state index contributed by atoms with van der Waals surface area (Å²) < 4.78 is 27.0. The summed E-state index contributed by atoms with van der Waals surface area (Å²) in [6, 6.07) is -1.55. The number of unbranched alkanes of at least 4 members (excludes halogenated alkanes) is 34. The van der Waals surface area contributed by atoms with Crippen LogP contribution < -0.4 is 5.32 Å². The van der Waals surface area contributed by atoms with Crippen molar-refractivity contribution in [2.45, 2.75) is 283 Å². The van der Waals surface area contributed by atoms with Crippen molar-refractivity contribution in [2.75, 3.05) is 19.8 Å². The van der Waals surface area contributed by atoms with E-state index in [0.29, 0.717) is 12.8 Å². The number of rotatable bonds is 52. The van der Waals surface area contributed by atoms with E-state index in [0.717, 1.165) is 44.9 Å². The lowest BCUT2D eigenvalue weighted by atomic mass is 10.0. The average Bonchev–Trinajstić information content (AvgIpc) is 3.29. The molecule has 12 heteroatoms. The molecule has 0 radical (unpaired) electrons. The number of aliphatic hydroxyl groups excluding tert-OH is 1. The van der Waals surface area contributed by atoms with Crippen LogP contribution in [0.2, 0.25) is 0 Å². The molecule has 388 valence electrons. The molecule has 4 N–H and O–H groups in total. The molecule has 0 aromatic heterocycles. The molecule has 0 aliphatic rings. The number of nitrogens with one attached hydrogen (secondary N) is 1. The predicted octanol–water partition coefficient (Wildman–Crippen LogP) is 15.3. The number of aliphatic carboxylic acids is 1. The first-order valence-corrected chi connectivity index (χ1v) is 28.9. The number of aliphatic hydroxyl groups is 1. The van der Waals surface area contributed by atoms with Gasteiger partial charge in [0.2, 0.25) is 5.91 Å². The van der Waals surface area contributed by atoms with E-state index in [9.17, 15) is 34.1 Å². The highest BCUT2D eigenvalue weighted by atomic mass is 31.2. The summed E-state index contributed by atoms with van der Waals surface area (Å²) in [4.78, 5) is 46.2. The Morgan fingerprint density at radius 2 is 0.833 bits per heavy atom. The van der Waals surface area contributed by atoms with Crippen LogP contribution in [0, 0.1) is 0 Å². The summed E-state index contributed by atoms with van der Waals surface area (Å²) >= 11 is 0. The van der Waals surface area contributed by atoms with Gasteiger partial charge in [-0.15, -0.1) is 0 Å². The lowest BCUT2D eigenvalue weighted by molar-refractivity contribution is -0.147. The molecule has 0 bridgehead atoms. The summed E-state index contributed by atoms with van der Waals surface area (Å²) in [5.74, 6) is -2.36. The third kappa shape index (κ3) is 48.4. The Bertz CT molecular complexity index is 1210. The van der Waals surface area contributed by atoms with Crippen molar-refractivity contribution in [1.82, 2.24) is 5.32 Å². The van der Waals surface area contributed by atoms with Crippen molar-refractivity contribution in [2.24, 2.45) is 0 Å². The molecule has 3 atom stereocenters. The fraction of sp³-hybridized carbons (Fsp3) is 0.870. The molecule has 0 spiro atoms. The zero-order valence-electron chi connectivity index (χ0n) is 42.5. The van der Waals surface area contributed by atoms with Crippen LogP contribution >= 0.6 is 7.82 Å². The van der Waals surface area contributed by atoms with Crippen LogP contribution in [0.4, 0.5) is 0 Å². The molecule has 3 unspecified atom stereocenters. The Kier molecular flexibility index (Phi) is 47.9. The van der Waals surface area contributed by atoms with Crippen LogP contribution in [0.15, 0.2) is 24.3 Å². The Hall–Kier alpha value is -2.04. The van der Waals surface area contributed by atoms with Crippen LogP contribution in [-0.4, -0.2) is 64.9 Å². The van der Waals surface area contributed by atoms with Crippen LogP contribution in [0.25, 0.3) is 0 Å². The fourth-order valence-corrected chi connectivity index (χ4v) is 8.77. The van der Waals surface area contributed by atoms with Gasteiger partial charge in [-0.3, -0.25) is 18.6 Å². The third-order valence-electron chi connectivity index (χ3n) is 12.2. The molecular weight excluding hydrogens is 854 g/mol. The summed E-state index contributed by atoms with van der Waals surface area (Å²) in [6.45, 7) is 2.63. The standard InChI is InChI=1S/C54H102NO10P/c1-3-5-7-9-11-13-15-17-19-21-23-25-27-29-31-33-35-37-39-41-43-45-52(57)55-51(54(59)60)49-65-66(61,62)64-48-50(56)47-63-53(58)46-44-42-40-38-36-34-32-30-28-26-24-22-20-18-16-14-12-10-8-6-4-2/h11,13,17,19,50-51,56H,3-10,12,14-16,18,20-49H2,1-2H3,(H,55,57)(H,59,60)(H,61,62)/b13-11-,19-17-. The van der Waals surface area contributed by atoms with E-state index in [4.69, 9.17) is 13.8 Å². The molecule has 66 heavy (non-hydrogen) atoms. The van der Waals surface area contributed by atoms with Gasteiger partial charge >= 0.3 is 19.8 Å². The number of esters is 1. The molecule has 0 saturated heterocycles. The molecule has 0 rings (SSSR count). The van der Waals surface area contributed by atoms with E-state index < -0.39 is 57.6 Å². The van der Waals surface area contributed by atoms with Crippen LogP contribution in [0.3, 0.4) is 0 Å². The van der Waals surface area contributed by atoms with Crippen LogP contribution in [0.5, 0.6) is 0 Å². The van der Waals surface area contributed by atoms with Crippen LogP contribution in [0.1, 0.15) is 271 Å². The summed E-state index contributed by atoms with van der Waals surface area (Å²) in [6.07, 6.45) is 54.8. The Morgan fingerprint density at radius 3 is 1.26 bits per heavy atom. The smallest absolute Gasteiger partial charge is 0.472 e. The second kappa shape index (κ2) is 49.4. The van der Waals surface area contributed by atoms with Gasteiger partial charge in [0, 0.05) is 12.8 Å². The minimum atomic E-state index is -4.76. The summed E-state index contributed by atoms with van der Waals surface area (Å²) in [7, 11) is -4.76. The molecule has 1 amide bonds. The second-order valence-electron chi connectivity index (χ2n) is 18.8. The van der Waals surface area contributed by atoms with E-state index in [1.54, 1.807) is 0 Å². The number of hydrogen-bond donors (Lipinski definition) is 4. The maximum atomic E-state index is 12.4. The molecule has 0 fully saturated rings. The third-order valence-corrected chi connectivity index (χ3v) is 13.2. The number of hydrogen-bond acceptors (Lipinski definition) is 8. The van der Waals surface area contributed by atoms with Crippen molar-refractivity contribution in [3.8, 4) is 0 Å². The van der Waals surface area contributed by atoms with E-state index in [-0.39, 0.29) is 12.8 Å². The first kappa shape index (κ1) is 64.0. The van der Waals surface area contributed by atoms with Gasteiger partial charge in [0.15, 0.2) is 6.04 Å². The second-order valence-corrected chi connectivity index (χ2v) is 20.2. The average molecular weight is 956 g/mol. The highest BCUT2D eigenvalue weighted by molar-refractivity contribution is 7.47. The van der Waals surface area contributed by atoms with Crippen molar-refractivity contribution in [3.63, 3.8) is 0 Å². The quantitative estimate of drug-likeness (QED) is 0.0199. The number of phosphoric ester groups is 1. The maximum Gasteiger partial charge on any atom is 0.472 e. The lowest BCUT2D eigenvalue weighted by Gasteiger charge is -2.18. The minimum Gasteiger partial charge on any atom is -0.480 e. The van der Waals surface area contributed by atoms with Gasteiger partial charge in [0.25, 0.3) is 0 Å². The topological polar surface area (TPSA) is 169 Å². The monoisotopic (exact) mass is 956 g/mol. The van der Waals surface area contributed by atoms with Gasteiger partial charge in [0.05, 0.1) is 13.2 Å². The van der Waals surface area contributed by atoms with Gasteiger partial charge in [-0.2, -0.15) is 0 Å². The number of carbonyl (C=O) groups excluding carboxylic acids is 2. The number of ether oxygens (including phenoxy) is 1. The fourth-order valence-electron chi connectivity index (χ4n) is 8.00. The Labute approximate surface area is 404 Å². The van der Waals surface area contributed by atoms with E-state index >= 15 is 0 Å². The molecule has 0 aromatic carbocycles. The van der Waals surface area contributed by atoms with Gasteiger partial charge in [-0.05, 0) is 44.9 Å². The van der Waals surface area contributed by atoms with Crippen LogP contribution in [-0.2, 0) is 32.7 Å². The summed E-state index contributed by atoms with van der Waals surface area (Å²) in [5, 5.41) is 22.0. The van der Waals surface area contributed by atoms with Crippen molar-refractivity contribution >= 4 is 25.7 Å². The molecule has 11 nitrogen and oxygen atoms in total. The van der Waals surface area contributed by atoms with Crippen molar-refractivity contribution in [3.05, 3.63) is 24.3 Å². The summed E-state index contributed by atoms with van der Waals surface area (Å²) in [5.41, 5.74) is 0. The van der Waals surface area contributed by atoms with Gasteiger partial charge in [0.1, 0.15) is 12.7 Å². The van der Waals surface area contributed by atoms with Crippen molar-refractivity contribution < 1.29 is 47.8 Å². The largest absolute Gasteiger partial charge is 0.480 e. The van der Waals surface area contributed by atoms with E-state index in [1.807, 2.05) is 0 Å². The van der Waals surface area contributed by atoms with E-state index in [1.165, 1.54) is 186 Å². The zero-order valence-corrected chi connectivity index (χ0v) is 43.4. The number of amides is 1. The normalized spacial score (nSPS) is 13.6. The van der Waals surface area contributed by atoms with Gasteiger partial charge in [-0.25, -0.2) is 9.36 Å². The number of carboxylic acid groups (broad SMARTS) is 1. The molecule has 0 heterocycles. The molecule has 0 aliphatic carbocycles. The lowest BCUT2D eigenvalue weighted by Crippen LogP contribution is -2.43. The first-order valence-electron chi connectivity index (χ1n) is 27.4. The van der Waals surface area contributed by atoms with Crippen molar-refractivity contribution in [1.29, 1.82) is 0 Å². The SMILES string of the molecule is CCCCC/C=C\C/C=C\CCCCCCCCCCCCCC(=O)NC(COP(=O)(O)OCC(O)COC(=O)CCCCCCCCCCCCCCCCCCCCCCC)C(=O)O. The molecule has 0 saturated carbocycles. The Morgan fingerprint density at radius 1 is 0.485 bits per heavy atom. The first-order chi connectivity index (χ1) is 32.1. The van der Waals surface area contributed by atoms with Gasteiger partial charge < -0.3 is 25.2 Å². The van der Waals surface area contributed by atoms with E-state index in [2.05, 4.69) is 43.5 Å². The highest BCUT2D eigenvalue weighted by Gasteiger charge is 2.28. The molecular formula is C54H102NO10P. The minimum absolute atomic E-state index is 0.145. The number of phosphoric acid groups is 1. The Balaban J connectivity index is 3.77. The molecule has 0 aliphatic heterocycles. The van der Waals surface area contributed by atoms with Gasteiger partial charge in [-0.1, -0.05) is 237 Å². The molecule has 0 aromatic rings. The predicted molar refractivity (Wildman–Crippen MR) is 273 cm³/mol. The highest BCUT2D eigenvalue weighted by Crippen LogP contribution is 2.43. The zero-order chi connectivity index (χ0) is 48.4. The number of carboxylic acids is 1.